The molecule has 0 radical (unpaired) electrons. The molecule has 0 aliphatic heterocycles. The third kappa shape index (κ3) is 3.35. The molecule has 2 atom stereocenters. The third-order valence-electron chi connectivity index (χ3n) is 4.56. The van der Waals surface area contributed by atoms with Gasteiger partial charge in [-0.25, -0.2) is 0 Å². The zero-order valence-corrected chi connectivity index (χ0v) is 13.9. The van der Waals surface area contributed by atoms with Gasteiger partial charge in [-0.1, -0.05) is 12.8 Å². The van der Waals surface area contributed by atoms with Gasteiger partial charge < -0.3 is 20.5 Å². The number of hydrogen-bond acceptors (Lipinski definition) is 4. The Morgan fingerprint density at radius 3 is 2.50 bits per heavy atom. The second-order valence-corrected chi connectivity index (χ2v) is 6.32. The van der Waals surface area contributed by atoms with Crippen LogP contribution in [0.15, 0.2) is 12.1 Å². The van der Waals surface area contributed by atoms with Gasteiger partial charge in [-0.2, -0.15) is 0 Å². The number of anilines is 1. The molecule has 0 saturated heterocycles. The minimum atomic E-state index is -0.438. The molecule has 5 heteroatoms. The highest BCUT2D eigenvalue weighted by atomic mass is 16.5. The Morgan fingerprint density at radius 1 is 1.27 bits per heavy atom. The van der Waals surface area contributed by atoms with Gasteiger partial charge in [0.25, 0.3) is 0 Å². The molecular weight excluding hydrogens is 280 g/mol. The molecule has 0 spiro atoms. The second-order valence-electron chi connectivity index (χ2n) is 6.32. The SMILES string of the molecule is COc1cc(C)c(NC(=O)C2CCCCC2(C)N)cc1OC. The Bertz CT molecular complexity index is 555. The third-order valence-corrected chi connectivity index (χ3v) is 4.56. The summed E-state index contributed by atoms with van der Waals surface area (Å²) in [6, 6.07) is 3.65. The van der Waals surface area contributed by atoms with Gasteiger partial charge >= 0.3 is 0 Å². The zero-order chi connectivity index (χ0) is 16.3. The van der Waals surface area contributed by atoms with E-state index in [4.69, 9.17) is 15.2 Å². The molecule has 22 heavy (non-hydrogen) atoms. The van der Waals surface area contributed by atoms with Crippen LogP contribution in [0.1, 0.15) is 38.2 Å². The first-order valence-electron chi connectivity index (χ1n) is 7.71. The van der Waals surface area contributed by atoms with Gasteiger partial charge in [0.15, 0.2) is 11.5 Å². The monoisotopic (exact) mass is 306 g/mol. The molecule has 1 aliphatic rings. The highest BCUT2D eigenvalue weighted by Gasteiger charge is 2.37. The van der Waals surface area contributed by atoms with Crippen molar-refractivity contribution in [3.8, 4) is 11.5 Å². The van der Waals surface area contributed by atoms with Gasteiger partial charge in [-0.3, -0.25) is 4.79 Å². The number of aryl methyl sites for hydroxylation is 1. The van der Waals surface area contributed by atoms with Gasteiger partial charge in [0.1, 0.15) is 0 Å². The summed E-state index contributed by atoms with van der Waals surface area (Å²) in [7, 11) is 3.17. The van der Waals surface area contributed by atoms with E-state index >= 15 is 0 Å². The molecule has 2 rings (SSSR count). The van der Waals surface area contributed by atoms with E-state index < -0.39 is 5.54 Å². The van der Waals surface area contributed by atoms with E-state index in [2.05, 4.69) is 5.32 Å². The summed E-state index contributed by atoms with van der Waals surface area (Å²) in [4.78, 5) is 12.6. The molecule has 1 aliphatic carbocycles. The van der Waals surface area contributed by atoms with Crippen LogP contribution in [-0.2, 0) is 4.79 Å². The van der Waals surface area contributed by atoms with Crippen LogP contribution in [0.5, 0.6) is 11.5 Å². The van der Waals surface area contributed by atoms with Crippen molar-refractivity contribution in [1.29, 1.82) is 0 Å². The molecule has 2 unspecified atom stereocenters. The fourth-order valence-corrected chi connectivity index (χ4v) is 3.12. The topological polar surface area (TPSA) is 73.6 Å². The molecule has 3 N–H and O–H groups in total. The van der Waals surface area contributed by atoms with Gasteiger partial charge in [-0.05, 0) is 38.3 Å². The summed E-state index contributed by atoms with van der Waals surface area (Å²) in [5.74, 6) is 1.08. The lowest BCUT2D eigenvalue weighted by atomic mass is 9.74. The number of rotatable bonds is 4. The van der Waals surface area contributed by atoms with Crippen molar-refractivity contribution < 1.29 is 14.3 Å². The molecule has 1 saturated carbocycles. The molecule has 122 valence electrons. The van der Waals surface area contributed by atoms with Gasteiger partial charge in [0.2, 0.25) is 5.91 Å². The van der Waals surface area contributed by atoms with Crippen molar-refractivity contribution in [2.45, 2.75) is 45.1 Å². The maximum Gasteiger partial charge on any atom is 0.229 e. The minimum Gasteiger partial charge on any atom is -0.493 e. The smallest absolute Gasteiger partial charge is 0.229 e. The van der Waals surface area contributed by atoms with Crippen LogP contribution in [-0.4, -0.2) is 25.7 Å². The summed E-state index contributed by atoms with van der Waals surface area (Å²) in [6.07, 6.45) is 3.86. The maximum absolute atomic E-state index is 12.6. The highest BCUT2D eigenvalue weighted by molar-refractivity contribution is 5.94. The highest BCUT2D eigenvalue weighted by Crippen LogP contribution is 2.35. The van der Waals surface area contributed by atoms with Crippen molar-refractivity contribution in [2.75, 3.05) is 19.5 Å². The predicted octanol–water partition coefficient (Wildman–Crippen LogP) is 2.86. The van der Waals surface area contributed by atoms with Crippen LogP contribution in [0.2, 0.25) is 0 Å². The lowest BCUT2D eigenvalue weighted by Gasteiger charge is -2.37. The number of benzene rings is 1. The Balaban J connectivity index is 2.21. The number of amides is 1. The van der Waals surface area contributed by atoms with Gasteiger partial charge in [0.05, 0.1) is 20.1 Å². The van der Waals surface area contributed by atoms with Crippen molar-refractivity contribution in [2.24, 2.45) is 11.7 Å². The number of carbonyl (C=O) groups excluding carboxylic acids is 1. The van der Waals surface area contributed by atoms with Gasteiger partial charge in [-0.15, -0.1) is 0 Å². The van der Waals surface area contributed by atoms with Crippen molar-refractivity contribution >= 4 is 11.6 Å². The van der Waals surface area contributed by atoms with Crippen molar-refractivity contribution in [3.05, 3.63) is 17.7 Å². The molecule has 1 fully saturated rings. The molecule has 0 heterocycles. The van der Waals surface area contributed by atoms with E-state index in [0.29, 0.717) is 11.5 Å². The van der Waals surface area contributed by atoms with Crippen molar-refractivity contribution in [1.82, 2.24) is 0 Å². The van der Waals surface area contributed by atoms with Crippen LogP contribution >= 0.6 is 0 Å². The largest absolute Gasteiger partial charge is 0.493 e. The summed E-state index contributed by atoms with van der Waals surface area (Å²) in [6.45, 7) is 3.90. The summed E-state index contributed by atoms with van der Waals surface area (Å²) in [5, 5.41) is 3.01. The Hall–Kier alpha value is -1.75. The zero-order valence-electron chi connectivity index (χ0n) is 13.9. The van der Waals surface area contributed by atoms with E-state index in [0.717, 1.165) is 36.9 Å². The first-order valence-corrected chi connectivity index (χ1v) is 7.71. The number of ether oxygens (including phenoxy) is 2. The quantitative estimate of drug-likeness (QED) is 0.897. The molecule has 1 aromatic carbocycles. The minimum absolute atomic E-state index is 0.0139. The summed E-state index contributed by atoms with van der Waals surface area (Å²) in [5.41, 5.74) is 7.54. The fourth-order valence-electron chi connectivity index (χ4n) is 3.12. The maximum atomic E-state index is 12.6. The Labute approximate surface area is 132 Å². The molecule has 5 nitrogen and oxygen atoms in total. The molecule has 1 aromatic rings. The molecule has 1 amide bonds. The second kappa shape index (κ2) is 6.57. The predicted molar refractivity (Wildman–Crippen MR) is 87.5 cm³/mol. The van der Waals surface area contributed by atoms with E-state index in [1.807, 2.05) is 19.9 Å². The number of hydrogen-bond donors (Lipinski definition) is 2. The van der Waals surface area contributed by atoms with E-state index in [1.54, 1.807) is 20.3 Å². The van der Waals surface area contributed by atoms with E-state index in [9.17, 15) is 4.79 Å². The van der Waals surface area contributed by atoms with E-state index in [1.165, 1.54) is 0 Å². The van der Waals surface area contributed by atoms with Crippen LogP contribution < -0.4 is 20.5 Å². The summed E-state index contributed by atoms with van der Waals surface area (Å²) >= 11 is 0. The lowest BCUT2D eigenvalue weighted by molar-refractivity contribution is -0.122. The normalized spacial score (nSPS) is 24.7. The number of nitrogens with one attached hydrogen (secondary N) is 1. The number of nitrogens with two attached hydrogens (primary N) is 1. The first-order chi connectivity index (χ1) is 10.4. The molecular formula is C17H26N2O3. The summed E-state index contributed by atoms with van der Waals surface area (Å²) < 4.78 is 10.6. The fraction of sp³-hybridized carbons (Fsp3) is 0.588. The van der Waals surface area contributed by atoms with Gasteiger partial charge in [0, 0.05) is 17.3 Å². The first kappa shape index (κ1) is 16.6. The standard InChI is InChI=1S/C17H26N2O3/c1-11-9-14(21-3)15(22-4)10-13(11)19-16(20)12-7-5-6-8-17(12,2)18/h9-10,12H,5-8,18H2,1-4H3,(H,19,20). The van der Waals surface area contributed by atoms with Crippen molar-refractivity contribution in [3.63, 3.8) is 0 Å². The molecule has 0 bridgehead atoms. The van der Waals surface area contributed by atoms with Crippen LogP contribution in [0.3, 0.4) is 0 Å². The molecule has 0 aromatic heterocycles. The average molecular weight is 306 g/mol. The van der Waals surface area contributed by atoms with E-state index in [-0.39, 0.29) is 11.8 Å². The Morgan fingerprint density at radius 2 is 1.91 bits per heavy atom. The number of methoxy groups -OCH3 is 2. The Kier molecular flexibility index (Phi) is 4.96. The average Bonchev–Trinajstić information content (AvgIpc) is 2.48. The van der Waals surface area contributed by atoms with Crippen LogP contribution in [0, 0.1) is 12.8 Å². The van der Waals surface area contributed by atoms with Crippen LogP contribution in [0.25, 0.3) is 0 Å². The number of carbonyl (C=O) groups is 1. The lowest BCUT2D eigenvalue weighted by Crippen LogP contribution is -2.51. The van der Waals surface area contributed by atoms with Crippen LogP contribution in [0.4, 0.5) is 5.69 Å².